The highest BCUT2D eigenvalue weighted by Gasteiger charge is 2.65. The number of aromatic hydroxyl groups is 1. The Morgan fingerprint density at radius 3 is 1.98 bits per heavy atom. The van der Waals surface area contributed by atoms with Crippen LogP contribution in [0.3, 0.4) is 0 Å². The Bertz CT molecular complexity index is 1540. The summed E-state index contributed by atoms with van der Waals surface area (Å²) < 4.78 is 0. The summed E-state index contributed by atoms with van der Waals surface area (Å²) in [5, 5.41) is 51.2. The third-order valence-electron chi connectivity index (χ3n) is 13.9. The van der Waals surface area contributed by atoms with Gasteiger partial charge in [-0.15, -0.1) is 0 Å². The maximum absolute atomic E-state index is 12.2. The standard InChI is InChI=1S/C24H40O5.C19H20O3/c1-13(4-7-21(28)29)16-5-6-17-22-18(12-20(27)24(16,17)3)23(2)9-8-15(25)10-14(23)11-19(22)26;1-19(2,3)15-8-4-13(5-9-15)17(21)12-18(22)14-6-10-16(20)11-7-14/h13-20,22,25-27H,4-12H2,1-3H3,(H,28,29);4-11,20H,12H2,1-3H3/t13-,14+,15-,16-,17+,18+,19-,20+,22+,23+,24-;/m1./s1. The number of aliphatic carboxylic acids is 1. The van der Waals surface area contributed by atoms with E-state index in [4.69, 9.17) is 5.11 Å². The molecule has 8 nitrogen and oxygen atoms in total. The van der Waals surface area contributed by atoms with E-state index in [1.165, 1.54) is 24.3 Å². The zero-order valence-corrected chi connectivity index (χ0v) is 31.3. The highest BCUT2D eigenvalue weighted by Crippen LogP contribution is 2.68. The number of Topliss-reactive ketones (excluding diaryl/α,β-unsaturated/α-hetero) is 2. The molecule has 0 aliphatic heterocycles. The lowest BCUT2D eigenvalue weighted by Gasteiger charge is -2.63. The van der Waals surface area contributed by atoms with E-state index in [1.807, 2.05) is 12.1 Å². The van der Waals surface area contributed by atoms with Gasteiger partial charge in [0.15, 0.2) is 11.6 Å². The second kappa shape index (κ2) is 15.1. The number of ketones is 2. The quantitative estimate of drug-likeness (QED) is 0.139. The molecule has 0 radical (unpaired) electrons. The first kappa shape index (κ1) is 39.1. The molecule has 0 spiro atoms. The molecule has 0 bridgehead atoms. The van der Waals surface area contributed by atoms with E-state index in [2.05, 4.69) is 41.5 Å². The highest BCUT2D eigenvalue weighted by atomic mass is 16.4. The number of carbonyl (C=O) groups is 3. The molecule has 0 amide bonds. The molecule has 4 fully saturated rings. The molecule has 2 aromatic carbocycles. The summed E-state index contributed by atoms with van der Waals surface area (Å²) in [7, 11) is 0. The van der Waals surface area contributed by atoms with E-state index in [-0.39, 0.29) is 70.4 Å². The first-order valence-corrected chi connectivity index (χ1v) is 19.1. The molecule has 280 valence electrons. The Balaban J connectivity index is 0.000000206. The van der Waals surface area contributed by atoms with Gasteiger partial charge in [0, 0.05) is 17.5 Å². The van der Waals surface area contributed by atoms with Gasteiger partial charge in [-0.25, -0.2) is 0 Å². The predicted octanol–water partition coefficient (Wildman–Crippen LogP) is 7.59. The van der Waals surface area contributed by atoms with E-state index >= 15 is 0 Å². The van der Waals surface area contributed by atoms with Crippen LogP contribution >= 0.6 is 0 Å². The molecule has 8 heteroatoms. The monoisotopic (exact) mass is 704 g/mol. The van der Waals surface area contributed by atoms with E-state index < -0.39 is 12.1 Å². The van der Waals surface area contributed by atoms with Crippen molar-refractivity contribution in [3.8, 4) is 5.75 Å². The number of rotatable bonds is 8. The van der Waals surface area contributed by atoms with Gasteiger partial charge in [0.2, 0.25) is 0 Å². The topological polar surface area (TPSA) is 152 Å². The number of aliphatic hydroxyl groups is 3. The highest BCUT2D eigenvalue weighted by molar-refractivity contribution is 6.13. The maximum atomic E-state index is 12.2. The number of fused-ring (bicyclic) bond motifs is 5. The van der Waals surface area contributed by atoms with Gasteiger partial charge < -0.3 is 25.5 Å². The Kier molecular flexibility index (Phi) is 11.6. The molecule has 0 saturated heterocycles. The normalized spacial score (nSPS) is 34.9. The van der Waals surface area contributed by atoms with Crippen molar-refractivity contribution >= 4 is 17.5 Å². The first-order chi connectivity index (χ1) is 23.9. The third kappa shape index (κ3) is 7.98. The summed E-state index contributed by atoms with van der Waals surface area (Å²) >= 11 is 0. The second-order valence-corrected chi connectivity index (χ2v) is 17.8. The average Bonchev–Trinajstić information content (AvgIpc) is 3.43. The van der Waals surface area contributed by atoms with E-state index in [1.54, 1.807) is 12.1 Å². The van der Waals surface area contributed by atoms with Crippen LogP contribution in [0.5, 0.6) is 5.75 Å². The molecule has 5 N–H and O–H groups in total. The number of carboxylic acid groups (broad SMARTS) is 1. The molecule has 0 aromatic heterocycles. The van der Waals surface area contributed by atoms with Gasteiger partial charge in [0.25, 0.3) is 0 Å². The number of carboxylic acids is 1. The predicted molar refractivity (Wildman–Crippen MR) is 197 cm³/mol. The van der Waals surface area contributed by atoms with Gasteiger partial charge in [-0.1, -0.05) is 65.8 Å². The molecule has 11 atom stereocenters. The van der Waals surface area contributed by atoms with Crippen molar-refractivity contribution in [2.75, 3.05) is 0 Å². The number of aliphatic hydroxyl groups excluding tert-OH is 3. The first-order valence-electron chi connectivity index (χ1n) is 19.1. The number of phenolic OH excluding ortho intramolecular Hbond substituents is 1. The third-order valence-corrected chi connectivity index (χ3v) is 13.9. The van der Waals surface area contributed by atoms with Gasteiger partial charge in [-0.2, -0.15) is 0 Å². The number of carbonyl (C=O) groups excluding carboxylic acids is 2. The van der Waals surface area contributed by atoms with E-state index in [0.717, 1.165) is 50.5 Å². The zero-order chi connectivity index (χ0) is 37.5. The smallest absolute Gasteiger partial charge is 0.303 e. The zero-order valence-electron chi connectivity index (χ0n) is 31.3. The van der Waals surface area contributed by atoms with Crippen molar-refractivity contribution in [3.63, 3.8) is 0 Å². The van der Waals surface area contributed by atoms with Crippen LogP contribution in [-0.4, -0.2) is 61.4 Å². The summed E-state index contributed by atoms with van der Waals surface area (Å²) in [6.45, 7) is 13.1. The molecular formula is C43H60O8. The van der Waals surface area contributed by atoms with Crippen molar-refractivity contribution in [2.45, 2.75) is 129 Å². The molecule has 0 unspecified atom stereocenters. The van der Waals surface area contributed by atoms with Crippen LogP contribution in [0.2, 0.25) is 0 Å². The summed E-state index contributed by atoms with van der Waals surface area (Å²) in [5.41, 5.74) is 2.01. The SMILES string of the molecule is CC(C)(C)c1ccc(C(=O)CC(=O)c2ccc(O)cc2)cc1.C[C@H](CCC(=O)O)[C@H]1CC[C@H]2[C@@H]3[C@H](O)C[C@@H]4C[C@H](O)CC[C@]4(C)[C@H]3C[C@H](O)[C@]12C. The minimum Gasteiger partial charge on any atom is -0.508 e. The van der Waals surface area contributed by atoms with Gasteiger partial charge in [-0.3, -0.25) is 14.4 Å². The number of phenols is 1. The van der Waals surface area contributed by atoms with Gasteiger partial charge in [0.1, 0.15) is 5.75 Å². The van der Waals surface area contributed by atoms with Crippen LogP contribution in [-0.2, 0) is 10.2 Å². The Morgan fingerprint density at radius 1 is 0.824 bits per heavy atom. The van der Waals surface area contributed by atoms with Crippen LogP contribution in [0.25, 0.3) is 0 Å². The molecule has 4 saturated carbocycles. The molecule has 6 rings (SSSR count). The van der Waals surface area contributed by atoms with E-state index in [9.17, 15) is 34.8 Å². The maximum Gasteiger partial charge on any atom is 0.303 e. The fourth-order valence-corrected chi connectivity index (χ4v) is 10.8. The fraction of sp³-hybridized carbons (Fsp3) is 0.651. The van der Waals surface area contributed by atoms with Crippen molar-refractivity contribution in [3.05, 3.63) is 65.2 Å². The molecule has 0 heterocycles. The molecule has 4 aliphatic rings. The molecule has 4 aliphatic carbocycles. The fourth-order valence-electron chi connectivity index (χ4n) is 10.8. The summed E-state index contributed by atoms with van der Waals surface area (Å²) in [4.78, 5) is 35.3. The van der Waals surface area contributed by atoms with Crippen LogP contribution in [0.4, 0.5) is 0 Å². The minimum atomic E-state index is -0.748. The summed E-state index contributed by atoms with van der Waals surface area (Å²) in [6.07, 6.45) is 5.83. The van der Waals surface area contributed by atoms with Crippen LogP contribution in [0, 0.1) is 46.3 Å². The minimum absolute atomic E-state index is 0.0312. The van der Waals surface area contributed by atoms with Crippen molar-refractivity contribution in [2.24, 2.45) is 46.3 Å². The lowest BCUT2D eigenvalue weighted by atomic mass is 9.43. The summed E-state index contributed by atoms with van der Waals surface area (Å²) in [6, 6.07) is 13.3. The van der Waals surface area contributed by atoms with Gasteiger partial charge in [0.05, 0.1) is 24.7 Å². The Hall–Kier alpha value is -3.07. The van der Waals surface area contributed by atoms with Crippen LogP contribution in [0.1, 0.15) is 132 Å². The van der Waals surface area contributed by atoms with Crippen LogP contribution < -0.4 is 0 Å². The summed E-state index contributed by atoms with van der Waals surface area (Å²) in [5.74, 6) is 0.654. The van der Waals surface area contributed by atoms with Crippen molar-refractivity contribution in [1.82, 2.24) is 0 Å². The number of benzene rings is 2. The largest absolute Gasteiger partial charge is 0.508 e. The number of hydrogen-bond donors (Lipinski definition) is 5. The molecular weight excluding hydrogens is 644 g/mol. The number of hydrogen-bond acceptors (Lipinski definition) is 7. The molecule has 2 aromatic rings. The van der Waals surface area contributed by atoms with Gasteiger partial charge in [-0.05, 0) is 133 Å². The molecule has 51 heavy (non-hydrogen) atoms. The lowest BCUT2D eigenvalue weighted by Crippen LogP contribution is -2.62. The van der Waals surface area contributed by atoms with Gasteiger partial charge >= 0.3 is 5.97 Å². The van der Waals surface area contributed by atoms with Crippen molar-refractivity contribution < 1.29 is 39.9 Å². The van der Waals surface area contributed by atoms with Crippen LogP contribution in [0.15, 0.2) is 48.5 Å². The average molecular weight is 705 g/mol. The van der Waals surface area contributed by atoms with E-state index in [0.29, 0.717) is 41.2 Å². The Morgan fingerprint density at radius 2 is 1.41 bits per heavy atom. The van der Waals surface area contributed by atoms with Crippen molar-refractivity contribution in [1.29, 1.82) is 0 Å². The second-order valence-electron chi connectivity index (χ2n) is 17.8. The lowest BCUT2D eigenvalue weighted by molar-refractivity contribution is -0.207. The Labute approximate surface area is 303 Å².